The first-order chi connectivity index (χ1) is 9.49. The molecular weight excluding hydrogens is 319 g/mol. The van der Waals surface area contributed by atoms with Gasteiger partial charge in [0.05, 0.1) is 10.0 Å². The maximum Gasteiger partial charge on any atom is 0.204 e. The summed E-state index contributed by atoms with van der Waals surface area (Å²) in [6, 6.07) is 11.7. The van der Waals surface area contributed by atoms with E-state index in [1.807, 2.05) is 0 Å². The topological polar surface area (TPSA) is 26.3 Å². The van der Waals surface area contributed by atoms with Crippen LogP contribution in [0.25, 0.3) is 0 Å². The summed E-state index contributed by atoms with van der Waals surface area (Å²) in [6.07, 6.45) is -0.700. The Balaban J connectivity index is 2.19. The highest BCUT2D eigenvalue weighted by molar-refractivity contribution is 6.37. The second kappa shape index (κ2) is 6.49. The first kappa shape index (κ1) is 15.2. The third kappa shape index (κ3) is 3.45. The summed E-state index contributed by atoms with van der Waals surface area (Å²) < 4.78 is 5.57. The van der Waals surface area contributed by atoms with Crippen molar-refractivity contribution in [2.24, 2.45) is 0 Å². The fraction of sp³-hybridized carbons (Fsp3) is 0.133. The Morgan fingerprint density at radius 2 is 1.75 bits per heavy atom. The lowest BCUT2D eigenvalue weighted by Crippen LogP contribution is -2.24. The first-order valence-electron chi connectivity index (χ1n) is 5.89. The van der Waals surface area contributed by atoms with Gasteiger partial charge < -0.3 is 4.74 Å². The second-order valence-electron chi connectivity index (χ2n) is 4.18. The van der Waals surface area contributed by atoms with Crippen molar-refractivity contribution in [3.8, 4) is 5.75 Å². The number of carbonyl (C=O) groups excluding carboxylic acids is 1. The number of ketones is 1. The van der Waals surface area contributed by atoms with E-state index >= 15 is 0 Å². The molecule has 0 aliphatic rings. The lowest BCUT2D eigenvalue weighted by Gasteiger charge is -2.15. The molecule has 2 aromatic rings. The number of benzene rings is 2. The normalized spacial score (nSPS) is 12.0. The number of halogens is 3. The lowest BCUT2D eigenvalue weighted by molar-refractivity contribution is 0.0818. The molecule has 0 saturated carbocycles. The van der Waals surface area contributed by atoms with Crippen molar-refractivity contribution in [3.05, 3.63) is 63.1 Å². The van der Waals surface area contributed by atoms with Crippen LogP contribution in [0, 0.1) is 0 Å². The molecule has 2 rings (SSSR count). The maximum absolute atomic E-state index is 12.3. The van der Waals surface area contributed by atoms with Crippen molar-refractivity contribution in [2.45, 2.75) is 13.0 Å². The Morgan fingerprint density at radius 3 is 2.40 bits per heavy atom. The minimum absolute atomic E-state index is 0.230. The zero-order valence-electron chi connectivity index (χ0n) is 10.6. The van der Waals surface area contributed by atoms with Crippen molar-refractivity contribution in [1.29, 1.82) is 0 Å². The third-order valence-corrected chi connectivity index (χ3v) is 3.57. The number of ether oxygens (including phenoxy) is 1. The van der Waals surface area contributed by atoms with Crippen LogP contribution in [0.4, 0.5) is 0 Å². The van der Waals surface area contributed by atoms with E-state index in [-0.39, 0.29) is 5.78 Å². The lowest BCUT2D eigenvalue weighted by atomic mass is 10.1. The van der Waals surface area contributed by atoms with E-state index < -0.39 is 6.10 Å². The predicted molar refractivity (Wildman–Crippen MR) is 82.3 cm³/mol. The van der Waals surface area contributed by atoms with Gasteiger partial charge in [-0.15, -0.1) is 0 Å². The van der Waals surface area contributed by atoms with Gasteiger partial charge in [-0.25, -0.2) is 0 Å². The van der Waals surface area contributed by atoms with E-state index in [2.05, 4.69) is 0 Å². The molecule has 104 valence electrons. The molecule has 0 bridgehead atoms. The van der Waals surface area contributed by atoms with Crippen LogP contribution in [0.2, 0.25) is 15.1 Å². The van der Waals surface area contributed by atoms with E-state index in [0.717, 1.165) is 0 Å². The van der Waals surface area contributed by atoms with Crippen molar-refractivity contribution in [1.82, 2.24) is 0 Å². The monoisotopic (exact) mass is 328 g/mol. The van der Waals surface area contributed by atoms with Crippen LogP contribution < -0.4 is 4.74 Å². The van der Waals surface area contributed by atoms with Crippen molar-refractivity contribution in [3.63, 3.8) is 0 Å². The Kier molecular flexibility index (Phi) is 4.92. The summed E-state index contributed by atoms with van der Waals surface area (Å²) in [5.74, 6) is 0.228. The number of hydrogen-bond acceptors (Lipinski definition) is 2. The molecule has 1 atom stereocenters. The molecular formula is C15H11Cl3O2. The number of rotatable bonds is 4. The summed E-state index contributed by atoms with van der Waals surface area (Å²) in [5.41, 5.74) is 0.371. The first-order valence-corrected chi connectivity index (χ1v) is 7.03. The van der Waals surface area contributed by atoms with Gasteiger partial charge in [0, 0.05) is 10.6 Å². The van der Waals surface area contributed by atoms with E-state index in [1.54, 1.807) is 43.3 Å². The molecule has 0 fully saturated rings. The minimum Gasteiger partial charge on any atom is -0.481 e. The molecule has 1 unspecified atom stereocenters. The molecule has 2 nitrogen and oxygen atoms in total. The van der Waals surface area contributed by atoms with Gasteiger partial charge in [0.25, 0.3) is 0 Å². The summed E-state index contributed by atoms with van der Waals surface area (Å²) in [6.45, 7) is 1.65. The highest BCUT2D eigenvalue weighted by atomic mass is 35.5. The molecule has 0 aromatic heterocycles. The number of carbonyl (C=O) groups is 1. The molecule has 0 saturated heterocycles. The van der Waals surface area contributed by atoms with Crippen LogP contribution >= 0.6 is 34.8 Å². The Labute approximate surface area is 132 Å². The van der Waals surface area contributed by atoms with E-state index in [1.165, 1.54) is 6.07 Å². The van der Waals surface area contributed by atoms with Crippen LogP contribution in [-0.4, -0.2) is 11.9 Å². The Morgan fingerprint density at radius 1 is 1.05 bits per heavy atom. The van der Waals surface area contributed by atoms with Crippen molar-refractivity contribution < 1.29 is 9.53 Å². The standard InChI is InChI=1S/C15H11Cl3O2/c1-9(20-14-5-3-2-4-12(14)17)15(19)11-7-6-10(16)8-13(11)18/h2-9H,1H3. The van der Waals surface area contributed by atoms with Gasteiger partial charge >= 0.3 is 0 Å². The quantitative estimate of drug-likeness (QED) is 0.712. The average molecular weight is 330 g/mol. The molecule has 0 N–H and O–H groups in total. The summed E-state index contributed by atoms with van der Waals surface area (Å²) in [4.78, 5) is 12.3. The van der Waals surface area contributed by atoms with Crippen LogP contribution in [-0.2, 0) is 0 Å². The molecule has 2 aromatic carbocycles. The largest absolute Gasteiger partial charge is 0.481 e. The van der Waals surface area contributed by atoms with Gasteiger partial charge in [0.1, 0.15) is 5.75 Å². The Hall–Kier alpha value is -1.22. The summed E-state index contributed by atoms with van der Waals surface area (Å²) in [7, 11) is 0. The van der Waals surface area contributed by atoms with Gasteiger partial charge in [-0.1, -0.05) is 46.9 Å². The van der Waals surface area contributed by atoms with Crippen LogP contribution in [0.5, 0.6) is 5.75 Å². The van der Waals surface area contributed by atoms with Crippen LogP contribution in [0.15, 0.2) is 42.5 Å². The fourth-order valence-corrected chi connectivity index (χ4v) is 2.37. The van der Waals surface area contributed by atoms with Gasteiger partial charge in [-0.3, -0.25) is 4.79 Å². The molecule has 0 radical (unpaired) electrons. The molecule has 5 heteroatoms. The zero-order valence-corrected chi connectivity index (χ0v) is 12.8. The minimum atomic E-state index is -0.700. The van der Waals surface area contributed by atoms with Gasteiger partial charge in [-0.2, -0.15) is 0 Å². The zero-order chi connectivity index (χ0) is 14.7. The molecule has 0 heterocycles. The molecule has 0 aliphatic heterocycles. The smallest absolute Gasteiger partial charge is 0.204 e. The average Bonchev–Trinajstić information content (AvgIpc) is 2.40. The second-order valence-corrected chi connectivity index (χ2v) is 5.43. The molecule has 0 amide bonds. The van der Waals surface area contributed by atoms with E-state index in [9.17, 15) is 4.79 Å². The number of Topliss-reactive ketones (excluding diaryl/α,β-unsaturated/α-hetero) is 1. The third-order valence-electron chi connectivity index (χ3n) is 2.71. The predicted octanol–water partition coefficient (Wildman–Crippen LogP) is 5.30. The Bertz CT molecular complexity index is 641. The van der Waals surface area contributed by atoms with Gasteiger partial charge in [0.2, 0.25) is 5.78 Å². The highest BCUT2D eigenvalue weighted by Gasteiger charge is 2.20. The SMILES string of the molecule is CC(Oc1ccccc1Cl)C(=O)c1ccc(Cl)cc1Cl. The molecule has 0 aliphatic carbocycles. The van der Waals surface area contributed by atoms with E-state index in [4.69, 9.17) is 39.5 Å². The summed E-state index contributed by atoms with van der Waals surface area (Å²) >= 11 is 17.8. The summed E-state index contributed by atoms with van der Waals surface area (Å²) in [5, 5.41) is 1.23. The highest BCUT2D eigenvalue weighted by Crippen LogP contribution is 2.27. The number of hydrogen-bond donors (Lipinski definition) is 0. The van der Waals surface area contributed by atoms with Gasteiger partial charge in [-0.05, 0) is 37.3 Å². The van der Waals surface area contributed by atoms with Crippen molar-refractivity contribution >= 4 is 40.6 Å². The molecule has 20 heavy (non-hydrogen) atoms. The van der Waals surface area contributed by atoms with Crippen LogP contribution in [0.3, 0.4) is 0 Å². The fourth-order valence-electron chi connectivity index (χ4n) is 1.69. The van der Waals surface area contributed by atoms with Crippen molar-refractivity contribution in [2.75, 3.05) is 0 Å². The van der Waals surface area contributed by atoms with Gasteiger partial charge in [0.15, 0.2) is 6.10 Å². The molecule has 0 spiro atoms. The number of para-hydroxylation sites is 1. The van der Waals surface area contributed by atoms with E-state index in [0.29, 0.717) is 26.4 Å². The van der Waals surface area contributed by atoms with Crippen LogP contribution in [0.1, 0.15) is 17.3 Å². The maximum atomic E-state index is 12.3.